The predicted octanol–water partition coefficient (Wildman–Crippen LogP) is 5.21. The summed E-state index contributed by atoms with van der Waals surface area (Å²) < 4.78 is 5.58. The molecule has 0 amide bonds. The van der Waals surface area contributed by atoms with Gasteiger partial charge in [0.15, 0.2) is 0 Å². The van der Waals surface area contributed by atoms with E-state index in [1.165, 1.54) is 0 Å². The van der Waals surface area contributed by atoms with E-state index in [1.807, 2.05) is 42.5 Å². The van der Waals surface area contributed by atoms with Gasteiger partial charge in [-0.2, -0.15) is 0 Å². The molecule has 0 bridgehead atoms. The number of hydrogen-bond donors (Lipinski definition) is 0. The second-order valence-corrected chi connectivity index (χ2v) is 5.21. The van der Waals surface area contributed by atoms with Gasteiger partial charge in [0.05, 0.1) is 0 Å². The second kappa shape index (κ2) is 6.12. The van der Waals surface area contributed by atoms with E-state index >= 15 is 0 Å². The summed E-state index contributed by atoms with van der Waals surface area (Å²) in [5.74, 6) is 0.900. The Hall–Kier alpha value is -2.10. The molecule has 21 heavy (non-hydrogen) atoms. The number of aromatic nitrogens is 2. The van der Waals surface area contributed by atoms with Crippen molar-refractivity contribution < 1.29 is 4.42 Å². The van der Waals surface area contributed by atoms with Gasteiger partial charge in [0, 0.05) is 21.7 Å². The summed E-state index contributed by atoms with van der Waals surface area (Å²) in [6, 6.07) is 14.7. The normalized spacial score (nSPS) is 11.1. The minimum absolute atomic E-state index is 0.440. The third-order valence-corrected chi connectivity index (χ3v) is 3.32. The largest absolute Gasteiger partial charge is 0.417 e. The molecule has 104 valence electrons. The second-order valence-electron chi connectivity index (χ2n) is 4.34. The topological polar surface area (TPSA) is 38.9 Å². The van der Waals surface area contributed by atoms with E-state index in [0.717, 1.165) is 11.1 Å². The summed E-state index contributed by atoms with van der Waals surface area (Å²) in [5, 5.41) is 9.37. The van der Waals surface area contributed by atoms with Gasteiger partial charge >= 0.3 is 0 Å². The molecule has 3 nitrogen and oxygen atoms in total. The van der Waals surface area contributed by atoms with Gasteiger partial charge in [-0.1, -0.05) is 35.3 Å². The van der Waals surface area contributed by atoms with Crippen LogP contribution in [0.3, 0.4) is 0 Å². The molecule has 0 aliphatic heterocycles. The minimum atomic E-state index is 0.440. The lowest BCUT2D eigenvalue weighted by Crippen LogP contribution is -1.76. The van der Waals surface area contributed by atoms with Crippen LogP contribution in [0.4, 0.5) is 0 Å². The fourth-order valence-corrected chi connectivity index (χ4v) is 2.00. The van der Waals surface area contributed by atoms with E-state index in [0.29, 0.717) is 21.8 Å². The van der Waals surface area contributed by atoms with Crippen LogP contribution in [0.25, 0.3) is 23.6 Å². The molecule has 2 aromatic carbocycles. The molecule has 5 heteroatoms. The Morgan fingerprint density at radius 1 is 0.762 bits per heavy atom. The fourth-order valence-electron chi connectivity index (χ4n) is 1.75. The van der Waals surface area contributed by atoms with Crippen molar-refractivity contribution in [2.45, 2.75) is 0 Å². The van der Waals surface area contributed by atoms with Gasteiger partial charge < -0.3 is 4.42 Å². The molecule has 3 rings (SSSR count). The summed E-state index contributed by atoms with van der Waals surface area (Å²) in [7, 11) is 0. The summed E-state index contributed by atoms with van der Waals surface area (Å²) in [6.07, 6.45) is 3.64. The van der Waals surface area contributed by atoms with Gasteiger partial charge in [0.25, 0.3) is 0 Å². The SMILES string of the molecule is Clc1ccc(/C=C/c2nnc(-c3ccc(Cl)cc3)o2)cc1. The molecule has 0 fully saturated rings. The van der Waals surface area contributed by atoms with Crippen molar-refractivity contribution >= 4 is 35.4 Å². The van der Waals surface area contributed by atoms with Crippen molar-refractivity contribution in [2.75, 3.05) is 0 Å². The Bertz CT molecular complexity index is 762. The van der Waals surface area contributed by atoms with Crippen LogP contribution < -0.4 is 0 Å². The van der Waals surface area contributed by atoms with Crippen molar-refractivity contribution in [1.82, 2.24) is 10.2 Å². The van der Waals surface area contributed by atoms with E-state index in [9.17, 15) is 0 Å². The third-order valence-electron chi connectivity index (χ3n) is 2.82. The zero-order chi connectivity index (χ0) is 14.7. The molecule has 0 N–H and O–H groups in total. The minimum Gasteiger partial charge on any atom is -0.417 e. The summed E-state index contributed by atoms with van der Waals surface area (Å²) in [5.41, 5.74) is 1.84. The summed E-state index contributed by atoms with van der Waals surface area (Å²) in [4.78, 5) is 0. The lowest BCUT2D eigenvalue weighted by molar-refractivity contribution is 0.558. The smallest absolute Gasteiger partial charge is 0.248 e. The standard InChI is InChI=1S/C16H10Cl2N2O/c17-13-6-1-11(2-7-13)3-10-15-19-20-16(21-15)12-4-8-14(18)9-5-12/h1-10H/b10-3+. The van der Waals surface area contributed by atoms with Crippen LogP contribution in [-0.4, -0.2) is 10.2 Å². The van der Waals surface area contributed by atoms with Crippen LogP contribution in [0.2, 0.25) is 10.0 Å². The quantitative estimate of drug-likeness (QED) is 0.665. The Kier molecular flexibility index (Phi) is 4.04. The highest BCUT2D eigenvalue weighted by Crippen LogP contribution is 2.21. The van der Waals surface area contributed by atoms with Crippen LogP contribution >= 0.6 is 23.2 Å². The Balaban J connectivity index is 1.78. The van der Waals surface area contributed by atoms with E-state index in [1.54, 1.807) is 18.2 Å². The average Bonchev–Trinajstić information content (AvgIpc) is 2.96. The molecule has 1 heterocycles. The molecular weight excluding hydrogens is 307 g/mol. The number of benzene rings is 2. The monoisotopic (exact) mass is 316 g/mol. The number of rotatable bonds is 3. The highest BCUT2D eigenvalue weighted by Gasteiger charge is 2.06. The summed E-state index contributed by atoms with van der Waals surface area (Å²) in [6.45, 7) is 0. The van der Waals surface area contributed by atoms with Gasteiger partial charge in [-0.15, -0.1) is 10.2 Å². The van der Waals surface area contributed by atoms with Gasteiger partial charge in [-0.25, -0.2) is 0 Å². The maximum Gasteiger partial charge on any atom is 0.248 e. The zero-order valence-electron chi connectivity index (χ0n) is 10.8. The molecule has 0 aliphatic rings. The predicted molar refractivity (Wildman–Crippen MR) is 85.1 cm³/mol. The van der Waals surface area contributed by atoms with Crippen molar-refractivity contribution in [3.8, 4) is 11.5 Å². The van der Waals surface area contributed by atoms with Crippen LogP contribution in [0.5, 0.6) is 0 Å². The van der Waals surface area contributed by atoms with Gasteiger partial charge in [0.1, 0.15) is 0 Å². The van der Waals surface area contributed by atoms with Crippen LogP contribution in [0.15, 0.2) is 52.9 Å². The average molecular weight is 317 g/mol. The van der Waals surface area contributed by atoms with E-state index < -0.39 is 0 Å². The third kappa shape index (κ3) is 3.51. The Morgan fingerprint density at radius 2 is 1.38 bits per heavy atom. The molecule has 0 saturated carbocycles. The first-order valence-corrected chi connectivity index (χ1v) is 6.99. The lowest BCUT2D eigenvalue weighted by atomic mass is 10.2. The maximum atomic E-state index is 5.85. The van der Waals surface area contributed by atoms with Crippen molar-refractivity contribution in [2.24, 2.45) is 0 Å². The van der Waals surface area contributed by atoms with E-state index in [-0.39, 0.29) is 0 Å². The highest BCUT2D eigenvalue weighted by atomic mass is 35.5. The molecule has 0 atom stereocenters. The number of halogens is 2. The number of hydrogen-bond acceptors (Lipinski definition) is 3. The van der Waals surface area contributed by atoms with E-state index in [4.69, 9.17) is 27.6 Å². The Morgan fingerprint density at radius 3 is 2.05 bits per heavy atom. The van der Waals surface area contributed by atoms with Crippen molar-refractivity contribution in [3.63, 3.8) is 0 Å². The summed E-state index contributed by atoms with van der Waals surface area (Å²) >= 11 is 11.7. The molecule has 3 aromatic rings. The van der Waals surface area contributed by atoms with Gasteiger partial charge in [-0.05, 0) is 48.0 Å². The maximum absolute atomic E-state index is 5.85. The van der Waals surface area contributed by atoms with Gasteiger partial charge in [0.2, 0.25) is 11.8 Å². The van der Waals surface area contributed by atoms with Gasteiger partial charge in [-0.3, -0.25) is 0 Å². The molecule has 0 aliphatic carbocycles. The zero-order valence-corrected chi connectivity index (χ0v) is 12.3. The van der Waals surface area contributed by atoms with E-state index in [2.05, 4.69) is 10.2 Å². The van der Waals surface area contributed by atoms with Crippen molar-refractivity contribution in [3.05, 3.63) is 70.0 Å². The van der Waals surface area contributed by atoms with Crippen LogP contribution in [-0.2, 0) is 0 Å². The first-order chi connectivity index (χ1) is 10.2. The highest BCUT2D eigenvalue weighted by molar-refractivity contribution is 6.30. The lowest BCUT2D eigenvalue weighted by Gasteiger charge is -1.94. The van der Waals surface area contributed by atoms with Crippen LogP contribution in [0.1, 0.15) is 11.5 Å². The number of nitrogens with zero attached hydrogens (tertiary/aromatic N) is 2. The molecule has 0 saturated heterocycles. The molecule has 0 unspecified atom stereocenters. The first-order valence-electron chi connectivity index (χ1n) is 6.24. The van der Waals surface area contributed by atoms with Crippen molar-refractivity contribution in [1.29, 1.82) is 0 Å². The molecular formula is C16H10Cl2N2O. The molecule has 1 aromatic heterocycles. The fraction of sp³-hybridized carbons (Fsp3) is 0. The molecule has 0 spiro atoms. The Labute approximate surface area is 131 Å². The molecule has 0 radical (unpaired) electrons. The van der Waals surface area contributed by atoms with Crippen LogP contribution in [0, 0.1) is 0 Å². The first kappa shape index (κ1) is 13.9.